The number of benzene rings is 1. The van der Waals surface area contributed by atoms with Crippen LogP contribution in [-0.4, -0.2) is 25.8 Å². The summed E-state index contributed by atoms with van der Waals surface area (Å²) < 4.78 is 5.59. The Kier molecular flexibility index (Phi) is 3.35. The first-order valence-corrected chi connectivity index (χ1v) is 8.59. The van der Waals surface area contributed by atoms with Gasteiger partial charge in [-0.3, -0.25) is 0 Å². The summed E-state index contributed by atoms with van der Waals surface area (Å²) in [6, 6.07) is 9.84. The summed E-state index contributed by atoms with van der Waals surface area (Å²) in [4.78, 5) is 0. The van der Waals surface area contributed by atoms with Gasteiger partial charge in [-0.2, -0.15) is 0 Å². The van der Waals surface area contributed by atoms with Gasteiger partial charge in [-0.15, -0.1) is 0 Å². The summed E-state index contributed by atoms with van der Waals surface area (Å²) in [5.74, 6) is 0. The summed E-state index contributed by atoms with van der Waals surface area (Å²) in [6.07, 6.45) is 8.00. The van der Waals surface area contributed by atoms with E-state index >= 15 is 0 Å². The first-order valence-electron chi connectivity index (χ1n) is 8.59. The van der Waals surface area contributed by atoms with Gasteiger partial charge in [-0.05, 0) is 62.0 Å². The lowest BCUT2D eigenvalue weighted by Crippen LogP contribution is -2.57. The van der Waals surface area contributed by atoms with Gasteiger partial charge in [0.05, 0.1) is 0 Å². The Morgan fingerprint density at radius 3 is 2.52 bits per heavy atom. The van der Waals surface area contributed by atoms with Crippen LogP contribution < -0.4 is 5.32 Å². The molecule has 3 aliphatic rings. The van der Waals surface area contributed by atoms with Crippen LogP contribution in [-0.2, 0) is 10.2 Å². The van der Waals surface area contributed by atoms with Gasteiger partial charge < -0.3 is 10.1 Å². The van der Waals surface area contributed by atoms with Crippen molar-refractivity contribution < 1.29 is 4.74 Å². The molecule has 2 nitrogen and oxygen atoms in total. The van der Waals surface area contributed by atoms with E-state index in [0.717, 1.165) is 19.3 Å². The van der Waals surface area contributed by atoms with E-state index in [4.69, 9.17) is 4.74 Å². The molecule has 1 heterocycles. The van der Waals surface area contributed by atoms with Gasteiger partial charge in [-0.1, -0.05) is 24.3 Å². The van der Waals surface area contributed by atoms with Crippen LogP contribution in [0.2, 0.25) is 0 Å². The molecule has 2 saturated carbocycles. The fraction of sp³-hybridized carbons (Fsp3) is 0.684. The van der Waals surface area contributed by atoms with Gasteiger partial charge >= 0.3 is 0 Å². The van der Waals surface area contributed by atoms with Crippen LogP contribution in [0.3, 0.4) is 0 Å². The Labute approximate surface area is 128 Å². The molecule has 0 atom stereocenters. The van der Waals surface area contributed by atoms with Crippen molar-refractivity contribution in [2.45, 2.75) is 56.9 Å². The largest absolute Gasteiger partial charge is 0.381 e. The monoisotopic (exact) mass is 285 g/mol. The molecule has 3 fully saturated rings. The average molecular weight is 285 g/mol. The van der Waals surface area contributed by atoms with E-state index in [1.807, 2.05) is 0 Å². The minimum atomic E-state index is 0.380. The third kappa shape index (κ3) is 2.53. The number of aryl methyl sites for hydroxylation is 1. The Hall–Kier alpha value is -0.860. The molecule has 0 aromatic heterocycles. The van der Waals surface area contributed by atoms with Crippen molar-refractivity contribution in [2.24, 2.45) is 5.41 Å². The molecule has 0 unspecified atom stereocenters. The molecule has 0 amide bonds. The van der Waals surface area contributed by atoms with Gasteiger partial charge in [0.25, 0.3) is 0 Å². The van der Waals surface area contributed by atoms with Crippen LogP contribution in [0, 0.1) is 12.3 Å². The molecule has 4 rings (SSSR count). The fourth-order valence-corrected chi connectivity index (χ4v) is 4.75. The van der Waals surface area contributed by atoms with E-state index in [2.05, 4.69) is 36.5 Å². The third-order valence-corrected chi connectivity index (χ3v) is 6.00. The van der Waals surface area contributed by atoms with Crippen LogP contribution in [0.1, 0.15) is 49.7 Å². The minimum Gasteiger partial charge on any atom is -0.381 e. The van der Waals surface area contributed by atoms with Crippen molar-refractivity contribution in [2.75, 3.05) is 19.8 Å². The highest BCUT2D eigenvalue weighted by Gasteiger charge is 2.55. The fourth-order valence-electron chi connectivity index (χ4n) is 4.75. The molecular formula is C19H27NO. The van der Waals surface area contributed by atoms with Crippen molar-refractivity contribution in [1.29, 1.82) is 0 Å². The van der Waals surface area contributed by atoms with E-state index in [9.17, 15) is 0 Å². The minimum absolute atomic E-state index is 0.380. The van der Waals surface area contributed by atoms with Crippen LogP contribution in [0.4, 0.5) is 0 Å². The summed E-state index contributed by atoms with van der Waals surface area (Å²) >= 11 is 0. The Bertz CT molecular complexity index is 506. The molecule has 0 bridgehead atoms. The van der Waals surface area contributed by atoms with Crippen LogP contribution in [0.25, 0.3) is 0 Å². The summed E-state index contributed by atoms with van der Waals surface area (Å²) in [5, 5.41) is 3.82. The second kappa shape index (κ2) is 5.10. The molecule has 1 aliphatic heterocycles. The molecule has 1 spiro atoms. The lowest BCUT2D eigenvalue weighted by atomic mass is 9.47. The number of hydrogen-bond acceptors (Lipinski definition) is 2. The maximum absolute atomic E-state index is 5.59. The predicted octanol–water partition coefficient (Wildman–Crippen LogP) is 3.58. The van der Waals surface area contributed by atoms with Crippen molar-refractivity contribution in [3.05, 3.63) is 35.4 Å². The van der Waals surface area contributed by atoms with E-state index in [0.29, 0.717) is 10.8 Å². The van der Waals surface area contributed by atoms with E-state index in [1.165, 1.54) is 50.6 Å². The average Bonchev–Trinajstić information content (AvgIpc) is 3.28. The van der Waals surface area contributed by atoms with E-state index in [-0.39, 0.29) is 0 Å². The van der Waals surface area contributed by atoms with E-state index < -0.39 is 0 Å². The van der Waals surface area contributed by atoms with Crippen molar-refractivity contribution in [3.8, 4) is 0 Å². The molecule has 2 heteroatoms. The van der Waals surface area contributed by atoms with Gasteiger partial charge in [0.1, 0.15) is 0 Å². The molecular weight excluding hydrogens is 258 g/mol. The maximum atomic E-state index is 5.59. The number of nitrogens with one attached hydrogen (secondary N) is 1. The van der Waals surface area contributed by atoms with Crippen molar-refractivity contribution in [1.82, 2.24) is 5.32 Å². The molecule has 1 aromatic carbocycles. The molecule has 114 valence electrons. The highest BCUT2D eigenvalue weighted by Crippen LogP contribution is 2.60. The van der Waals surface area contributed by atoms with Gasteiger partial charge in [0.2, 0.25) is 0 Å². The van der Waals surface area contributed by atoms with Gasteiger partial charge in [0, 0.05) is 31.2 Å². The predicted molar refractivity (Wildman–Crippen MR) is 85.6 cm³/mol. The van der Waals surface area contributed by atoms with Crippen LogP contribution >= 0.6 is 0 Å². The SMILES string of the molecule is Cc1ccccc1C1(CNC2CC2)CC2(CCOCC2)C1. The van der Waals surface area contributed by atoms with Crippen molar-refractivity contribution >= 4 is 0 Å². The topological polar surface area (TPSA) is 21.3 Å². The van der Waals surface area contributed by atoms with E-state index in [1.54, 1.807) is 5.56 Å². The highest BCUT2D eigenvalue weighted by atomic mass is 16.5. The second-order valence-electron chi connectivity index (χ2n) is 7.72. The molecule has 0 radical (unpaired) electrons. The van der Waals surface area contributed by atoms with Crippen LogP contribution in [0.15, 0.2) is 24.3 Å². The zero-order valence-electron chi connectivity index (χ0n) is 13.2. The zero-order valence-corrected chi connectivity index (χ0v) is 13.2. The quantitative estimate of drug-likeness (QED) is 0.913. The molecule has 1 saturated heterocycles. The standard InChI is InChI=1S/C19H27NO/c1-15-4-2-3-5-17(15)19(14-20-16-6-7-16)12-18(13-19)8-10-21-11-9-18/h2-5,16,20H,6-14H2,1H3. The van der Waals surface area contributed by atoms with Gasteiger partial charge in [-0.25, -0.2) is 0 Å². The number of ether oxygens (including phenoxy) is 1. The first kappa shape index (κ1) is 13.8. The second-order valence-corrected chi connectivity index (χ2v) is 7.72. The lowest BCUT2D eigenvalue weighted by Gasteiger charge is -2.59. The smallest absolute Gasteiger partial charge is 0.0471 e. The third-order valence-electron chi connectivity index (χ3n) is 6.00. The van der Waals surface area contributed by atoms with Crippen LogP contribution in [0.5, 0.6) is 0 Å². The summed E-state index contributed by atoms with van der Waals surface area (Å²) in [6.45, 7) is 5.40. The number of hydrogen-bond donors (Lipinski definition) is 1. The zero-order chi connectivity index (χ0) is 14.3. The molecule has 2 aliphatic carbocycles. The normalized spacial score (nSPS) is 26.5. The Morgan fingerprint density at radius 2 is 1.86 bits per heavy atom. The molecule has 1 aromatic rings. The Morgan fingerprint density at radius 1 is 1.14 bits per heavy atom. The highest BCUT2D eigenvalue weighted by molar-refractivity contribution is 5.38. The Balaban J connectivity index is 1.57. The molecule has 21 heavy (non-hydrogen) atoms. The van der Waals surface area contributed by atoms with Gasteiger partial charge in [0.15, 0.2) is 0 Å². The van der Waals surface area contributed by atoms with Crippen molar-refractivity contribution in [3.63, 3.8) is 0 Å². The summed E-state index contributed by atoms with van der Waals surface area (Å²) in [5.41, 5.74) is 4.02. The molecule has 1 N–H and O–H groups in total. The maximum Gasteiger partial charge on any atom is 0.0471 e. The number of rotatable bonds is 4. The summed E-state index contributed by atoms with van der Waals surface area (Å²) in [7, 11) is 0. The first-order chi connectivity index (χ1) is 10.2. The lowest BCUT2D eigenvalue weighted by molar-refractivity contribution is -0.0739.